The van der Waals surface area contributed by atoms with E-state index in [9.17, 15) is 4.79 Å². The number of amides is 1. The maximum atomic E-state index is 12.3. The number of nitrogens with zero attached hydrogens (tertiary/aromatic N) is 2. The average Bonchev–Trinajstić information content (AvgIpc) is 3.10. The van der Waals surface area contributed by atoms with Crippen LogP contribution in [0.4, 0.5) is 11.5 Å². The van der Waals surface area contributed by atoms with Crippen LogP contribution in [0.15, 0.2) is 18.3 Å². The fraction of sp³-hybridized carbons (Fsp3) is 0.400. The number of aryl methyl sites for hydroxylation is 1. The highest BCUT2D eigenvalue weighted by Gasteiger charge is 2.23. The quantitative estimate of drug-likeness (QED) is 0.911. The molecular weight excluding hydrogens is 284 g/mol. The third-order valence-electron chi connectivity index (χ3n) is 3.77. The van der Waals surface area contributed by atoms with E-state index < -0.39 is 0 Å². The van der Waals surface area contributed by atoms with Gasteiger partial charge in [0.15, 0.2) is 0 Å². The molecule has 3 N–H and O–H groups in total. The van der Waals surface area contributed by atoms with Crippen LogP contribution in [-0.2, 0) is 0 Å². The Bertz CT molecular complexity index is 644. The zero-order valence-corrected chi connectivity index (χ0v) is 12.7. The van der Waals surface area contributed by atoms with Crippen LogP contribution in [0, 0.1) is 6.92 Å². The van der Waals surface area contributed by atoms with Gasteiger partial charge in [-0.15, -0.1) is 11.3 Å². The Hall–Kier alpha value is -1.95. The molecule has 2 aromatic heterocycles. The van der Waals surface area contributed by atoms with Gasteiger partial charge in [0.05, 0.1) is 22.6 Å². The summed E-state index contributed by atoms with van der Waals surface area (Å²) in [4.78, 5) is 21.6. The van der Waals surface area contributed by atoms with E-state index in [1.165, 1.54) is 37.0 Å². The monoisotopic (exact) mass is 302 g/mol. The summed E-state index contributed by atoms with van der Waals surface area (Å²) in [6.45, 7) is 1.89. The van der Waals surface area contributed by atoms with E-state index in [-0.39, 0.29) is 5.91 Å². The summed E-state index contributed by atoms with van der Waals surface area (Å²) in [5, 5.41) is 3.95. The van der Waals surface area contributed by atoms with Crippen molar-refractivity contribution < 1.29 is 4.79 Å². The molecular formula is C15H18N4OS. The maximum Gasteiger partial charge on any atom is 0.267 e. The second-order valence-corrected chi connectivity index (χ2v) is 6.40. The summed E-state index contributed by atoms with van der Waals surface area (Å²) in [6.07, 6.45) is 6.47. The Morgan fingerprint density at radius 3 is 2.81 bits per heavy atom. The molecule has 0 atom stereocenters. The number of hydrogen-bond acceptors (Lipinski definition) is 5. The number of pyridine rings is 1. The first kappa shape index (κ1) is 14.0. The lowest BCUT2D eigenvalue weighted by Crippen LogP contribution is -2.11. The van der Waals surface area contributed by atoms with Crippen LogP contribution in [0.25, 0.3) is 0 Å². The number of carbonyl (C=O) groups excluding carboxylic acids is 1. The van der Waals surface area contributed by atoms with Crippen molar-refractivity contribution in [2.75, 3.05) is 11.1 Å². The van der Waals surface area contributed by atoms with Crippen molar-refractivity contribution in [2.45, 2.75) is 38.5 Å². The zero-order valence-electron chi connectivity index (χ0n) is 11.9. The number of rotatable bonds is 3. The molecule has 0 radical (unpaired) electrons. The highest BCUT2D eigenvalue weighted by atomic mass is 32.1. The number of hydrogen-bond donors (Lipinski definition) is 2. The van der Waals surface area contributed by atoms with Gasteiger partial charge >= 0.3 is 0 Å². The van der Waals surface area contributed by atoms with Crippen molar-refractivity contribution in [1.82, 2.24) is 9.97 Å². The second kappa shape index (κ2) is 5.81. The SMILES string of the molecule is Cc1nc(C2CCCC2)sc1C(=O)Nc1ccc(N)nc1. The smallest absolute Gasteiger partial charge is 0.267 e. The number of nitrogen functional groups attached to an aromatic ring is 1. The lowest BCUT2D eigenvalue weighted by atomic mass is 10.1. The van der Waals surface area contributed by atoms with E-state index in [1.54, 1.807) is 18.3 Å². The van der Waals surface area contributed by atoms with Crippen molar-refractivity contribution in [3.63, 3.8) is 0 Å². The first-order valence-corrected chi connectivity index (χ1v) is 7.95. The van der Waals surface area contributed by atoms with Crippen LogP contribution in [0.1, 0.15) is 52.0 Å². The Morgan fingerprint density at radius 2 is 2.14 bits per heavy atom. The first-order valence-electron chi connectivity index (χ1n) is 7.13. The minimum Gasteiger partial charge on any atom is -0.384 e. The van der Waals surface area contributed by atoms with Gasteiger partial charge in [0.2, 0.25) is 0 Å². The highest BCUT2D eigenvalue weighted by molar-refractivity contribution is 7.14. The molecule has 0 spiro atoms. The van der Waals surface area contributed by atoms with E-state index in [2.05, 4.69) is 15.3 Å². The van der Waals surface area contributed by atoms with Gasteiger partial charge in [-0.1, -0.05) is 12.8 Å². The summed E-state index contributed by atoms with van der Waals surface area (Å²) >= 11 is 1.52. The van der Waals surface area contributed by atoms with Crippen LogP contribution in [-0.4, -0.2) is 15.9 Å². The average molecular weight is 302 g/mol. The van der Waals surface area contributed by atoms with Gasteiger partial charge in [-0.3, -0.25) is 4.79 Å². The van der Waals surface area contributed by atoms with Crippen molar-refractivity contribution in [1.29, 1.82) is 0 Å². The Labute approximate surface area is 127 Å². The molecule has 110 valence electrons. The third kappa shape index (κ3) is 3.05. The summed E-state index contributed by atoms with van der Waals surface area (Å²) in [6, 6.07) is 3.41. The van der Waals surface area contributed by atoms with Gasteiger partial charge in [0.25, 0.3) is 5.91 Å². The van der Waals surface area contributed by atoms with Crippen LogP contribution >= 0.6 is 11.3 Å². The van der Waals surface area contributed by atoms with Crippen molar-refractivity contribution in [2.24, 2.45) is 0 Å². The summed E-state index contributed by atoms with van der Waals surface area (Å²) in [7, 11) is 0. The van der Waals surface area contributed by atoms with Crippen LogP contribution in [0.5, 0.6) is 0 Å². The van der Waals surface area contributed by atoms with Crippen LogP contribution < -0.4 is 11.1 Å². The molecule has 1 amide bonds. The lowest BCUT2D eigenvalue weighted by molar-refractivity contribution is 0.103. The Kier molecular flexibility index (Phi) is 3.88. The molecule has 6 heteroatoms. The van der Waals surface area contributed by atoms with Crippen molar-refractivity contribution in [3.05, 3.63) is 33.9 Å². The molecule has 5 nitrogen and oxygen atoms in total. The van der Waals surface area contributed by atoms with E-state index >= 15 is 0 Å². The molecule has 2 heterocycles. The van der Waals surface area contributed by atoms with Gasteiger partial charge in [0, 0.05) is 5.92 Å². The summed E-state index contributed by atoms with van der Waals surface area (Å²) in [5.41, 5.74) is 6.99. The minimum atomic E-state index is -0.124. The fourth-order valence-corrected chi connectivity index (χ4v) is 3.77. The molecule has 0 aliphatic heterocycles. The van der Waals surface area contributed by atoms with Crippen LogP contribution in [0.2, 0.25) is 0 Å². The molecule has 21 heavy (non-hydrogen) atoms. The Balaban J connectivity index is 1.76. The number of anilines is 2. The summed E-state index contributed by atoms with van der Waals surface area (Å²) in [5.74, 6) is 0.847. The molecule has 1 saturated carbocycles. The zero-order chi connectivity index (χ0) is 14.8. The molecule has 0 saturated heterocycles. The lowest BCUT2D eigenvalue weighted by Gasteiger charge is -2.04. The van der Waals surface area contributed by atoms with Gasteiger partial charge in [-0.2, -0.15) is 0 Å². The number of thiazole rings is 1. The highest BCUT2D eigenvalue weighted by Crippen LogP contribution is 2.37. The van der Waals surface area contributed by atoms with Gasteiger partial charge in [0.1, 0.15) is 10.7 Å². The molecule has 0 unspecified atom stereocenters. The Morgan fingerprint density at radius 1 is 1.38 bits per heavy atom. The second-order valence-electron chi connectivity index (χ2n) is 5.37. The van der Waals surface area contributed by atoms with E-state index in [1.807, 2.05) is 6.92 Å². The number of nitrogens with two attached hydrogens (primary N) is 1. The predicted molar refractivity (Wildman–Crippen MR) is 84.7 cm³/mol. The molecule has 1 fully saturated rings. The molecule has 0 aromatic carbocycles. The molecule has 3 rings (SSSR count). The standard InChI is InChI=1S/C15H18N4OS/c1-9-13(21-15(18-9)10-4-2-3-5-10)14(20)19-11-6-7-12(16)17-8-11/h6-8,10H,2-5H2,1H3,(H2,16,17)(H,19,20). The molecule has 1 aliphatic carbocycles. The fourth-order valence-electron chi connectivity index (χ4n) is 2.64. The van der Waals surface area contributed by atoms with E-state index in [0.717, 1.165) is 10.7 Å². The van der Waals surface area contributed by atoms with Gasteiger partial charge in [-0.25, -0.2) is 9.97 Å². The number of nitrogens with one attached hydrogen (secondary N) is 1. The largest absolute Gasteiger partial charge is 0.384 e. The molecule has 2 aromatic rings. The van der Waals surface area contributed by atoms with Crippen LogP contribution in [0.3, 0.4) is 0 Å². The van der Waals surface area contributed by atoms with E-state index in [4.69, 9.17) is 5.73 Å². The third-order valence-corrected chi connectivity index (χ3v) is 5.09. The first-order chi connectivity index (χ1) is 10.1. The topological polar surface area (TPSA) is 80.9 Å². The maximum absolute atomic E-state index is 12.3. The normalized spacial score (nSPS) is 15.3. The van der Waals surface area contributed by atoms with Crippen molar-refractivity contribution in [3.8, 4) is 0 Å². The number of carbonyl (C=O) groups is 1. The summed E-state index contributed by atoms with van der Waals surface area (Å²) < 4.78 is 0. The van der Waals surface area contributed by atoms with Gasteiger partial charge in [-0.05, 0) is 31.9 Å². The van der Waals surface area contributed by atoms with Crippen molar-refractivity contribution >= 4 is 28.7 Å². The molecule has 0 bridgehead atoms. The molecule has 1 aliphatic rings. The number of aromatic nitrogens is 2. The predicted octanol–water partition coefficient (Wildman–Crippen LogP) is 3.34. The van der Waals surface area contributed by atoms with E-state index in [0.29, 0.717) is 22.3 Å². The van der Waals surface area contributed by atoms with Gasteiger partial charge < -0.3 is 11.1 Å². The minimum absolute atomic E-state index is 0.124.